The van der Waals surface area contributed by atoms with Crippen LogP contribution >= 0.6 is 11.3 Å². The highest BCUT2D eigenvalue weighted by atomic mass is 32.1. The van der Waals surface area contributed by atoms with Gasteiger partial charge in [0.25, 0.3) is 0 Å². The molecule has 1 aromatic heterocycles. The maximum Gasteiger partial charge on any atom is 0.420 e. The van der Waals surface area contributed by atoms with E-state index in [1.807, 2.05) is 6.07 Å². The number of carbonyl (C=O) groups excluding carboxylic acids is 2. The number of hydrogen-bond acceptors (Lipinski definition) is 7. The van der Waals surface area contributed by atoms with Gasteiger partial charge in [-0.05, 0) is 38.5 Å². The van der Waals surface area contributed by atoms with E-state index < -0.39 is 17.8 Å². The van der Waals surface area contributed by atoms with Crippen LogP contribution < -0.4 is 0 Å². The van der Waals surface area contributed by atoms with E-state index in [-0.39, 0.29) is 6.54 Å². The first kappa shape index (κ1) is 17.7. The molecular weight excluding hydrogens is 330 g/mol. The van der Waals surface area contributed by atoms with Crippen LogP contribution in [0.4, 0.5) is 9.59 Å². The average molecular weight is 347 g/mol. The Morgan fingerprint density at radius 2 is 2.04 bits per heavy atom. The second-order valence-corrected chi connectivity index (χ2v) is 7.00. The lowest BCUT2D eigenvalue weighted by atomic mass is 10.2. The minimum Gasteiger partial charge on any atom is -0.452 e. The molecule has 0 N–H and O–H groups in total. The van der Waals surface area contributed by atoms with E-state index in [1.165, 1.54) is 18.4 Å². The zero-order valence-corrected chi connectivity index (χ0v) is 14.6. The molecule has 0 unspecified atom stereocenters. The van der Waals surface area contributed by atoms with E-state index in [0.717, 1.165) is 9.60 Å². The van der Waals surface area contributed by atoms with Crippen LogP contribution in [0, 0.1) is 11.3 Å². The number of carbonyl (C=O) groups is 2. The molecule has 1 heterocycles. The van der Waals surface area contributed by atoms with Crippen LogP contribution in [0.5, 0.6) is 0 Å². The summed E-state index contributed by atoms with van der Waals surface area (Å²) in [5.41, 5.74) is 0.668. The van der Waals surface area contributed by atoms with Gasteiger partial charge in [-0.3, -0.25) is 0 Å². The summed E-state index contributed by atoms with van der Waals surface area (Å²) in [6.07, 6.45) is -1.58. The molecular formula is C16H17N3O4S. The van der Waals surface area contributed by atoms with Crippen LogP contribution in [0.15, 0.2) is 18.2 Å². The Morgan fingerprint density at radius 1 is 1.33 bits per heavy atom. The third-order valence-corrected chi connectivity index (χ3v) is 3.82. The van der Waals surface area contributed by atoms with Crippen molar-refractivity contribution in [1.29, 1.82) is 5.26 Å². The number of ether oxygens (including phenoxy) is 2. The van der Waals surface area contributed by atoms with Gasteiger partial charge in [-0.2, -0.15) is 5.26 Å². The maximum atomic E-state index is 12.2. The van der Waals surface area contributed by atoms with E-state index in [0.29, 0.717) is 16.1 Å². The van der Waals surface area contributed by atoms with Gasteiger partial charge in [-0.1, -0.05) is 6.07 Å². The van der Waals surface area contributed by atoms with Gasteiger partial charge >= 0.3 is 12.2 Å². The van der Waals surface area contributed by atoms with Gasteiger partial charge in [-0.25, -0.2) is 19.5 Å². The van der Waals surface area contributed by atoms with Crippen LogP contribution in [-0.2, 0) is 16.0 Å². The van der Waals surface area contributed by atoms with Crippen molar-refractivity contribution in [2.24, 2.45) is 0 Å². The molecule has 2 aromatic rings. The summed E-state index contributed by atoms with van der Waals surface area (Å²) in [7, 11) is 1.20. The first-order valence-electron chi connectivity index (χ1n) is 7.11. The Bertz CT molecular complexity index is 817. The lowest BCUT2D eigenvalue weighted by molar-refractivity contribution is 0.0231. The highest BCUT2D eigenvalue weighted by molar-refractivity contribution is 7.19. The summed E-state index contributed by atoms with van der Waals surface area (Å²) >= 11 is 1.25. The quantitative estimate of drug-likeness (QED) is 0.823. The summed E-state index contributed by atoms with van der Waals surface area (Å²) in [6, 6.07) is 7.26. The van der Waals surface area contributed by atoms with Crippen molar-refractivity contribution in [2.75, 3.05) is 7.11 Å². The van der Waals surface area contributed by atoms with Crippen molar-refractivity contribution < 1.29 is 19.1 Å². The molecule has 7 nitrogen and oxygen atoms in total. The summed E-state index contributed by atoms with van der Waals surface area (Å²) in [5.74, 6) is 0. The van der Waals surface area contributed by atoms with Crippen LogP contribution in [0.25, 0.3) is 10.2 Å². The average Bonchev–Trinajstić information content (AvgIpc) is 2.92. The molecule has 0 aliphatic rings. The molecule has 0 saturated carbocycles. The Balaban J connectivity index is 2.27. The number of fused-ring (bicyclic) bond motifs is 1. The zero-order valence-electron chi connectivity index (χ0n) is 13.8. The fourth-order valence-corrected chi connectivity index (χ4v) is 2.76. The predicted molar refractivity (Wildman–Crippen MR) is 88.5 cm³/mol. The van der Waals surface area contributed by atoms with Gasteiger partial charge < -0.3 is 9.47 Å². The van der Waals surface area contributed by atoms with Crippen molar-refractivity contribution >= 4 is 33.7 Å². The topological polar surface area (TPSA) is 92.5 Å². The van der Waals surface area contributed by atoms with E-state index >= 15 is 0 Å². The van der Waals surface area contributed by atoms with Crippen molar-refractivity contribution in [1.82, 2.24) is 9.88 Å². The monoisotopic (exact) mass is 347 g/mol. The molecule has 0 atom stereocenters. The third kappa shape index (κ3) is 4.20. The predicted octanol–water partition coefficient (Wildman–Crippen LogP) is 3.67. The van der Waals surface area contributed by atoms with Crippen LogP contribution in [0.1, 0.15) is 31.3 Å². The molecule has 0 bridgehead atoms. The molecule has 24 heavy (non-hydrogen) atoms. The van der Waals surface area contributed by atoms with Gasteiger partial charge in [0.2, 0.25) is 0 Å². The van der Waals surface area contributed by atoms with E-state index in [9.17, 15) is 9.59 Å². The third-order valence-electron chi connectivity index (χ3n) is 2.90. The van der Waals surface area contributed by atoms with Gasteiger partial charge in [0.15, 0.2) is 5.01 Å². The molecule has 2 rings (SSSR count). The maximum absolute atomic E-state index is 12.2. The number of aromatic nitrogens is 1. The number of hydrogen-bond donors (Lipinski definition) is 0. The molecule has 126 valence electrons. The van der Waals surface area contributed by atoms with E-state index in [1.54, 1.807) is 39.0 Å². The summed E-state index contributed by atoms with van der Waals surface area (Å²) in [5, 5.41) is 9.27. The lowest BCUT2D eigenvalue weighted by Crippen LogP contribution is -2.40. The Kier molecular flexibility index (Phi) is 5.04. The number of rotatable bonds is 2. The van der Waals surface area contributed by atoms with Crippen LogP contribution in [0.3, 0.4) is 0 Å². The minimum atomic E-state index is -0.800. The molecule has 0 spiro atoms. The van der Waals surface area contributed by atoms with Crippen LogP contribution in [0.2, 0.25) is 0 Å². The first-order valence-corrected chi connectivity index (χ1v) is 7.93. The number of methoxy groups -OCH3 is 1. The Morgan fingerprint density at radius 3 is 2.62 bits per heavy atom. The molecule has 0 aliphatic carbocycles. The molecule has 0 aliphatic heterocycles. The molecule has 2 amide bonds. The van der Waals surface area contributed by atoms with Gasteiger partial charge in [0.1, 0.15) is 11.7 Å². The number of benzene rings is 1. The second-order valence-electron chi connectivity index (χ2n) is 5.97. The van der Waals surface area contributed by atoms with Gasteiger partial charge in [0, 0.05) is 0 Å². The molecule has 0 saturated heterocycles. The molecule has 0 fully saturated rings. The van der Waals surface area contributed by atoms with Crippen molar-refractivity contribution in [2.45, 2.75) is 32.9 Å². The number of nitriles is 1. The number of thiazole rings is 1. The first-order chi connectivity index (χ1) is 11.2. The fourth-order valence-electron chi connectivity index (χ4n) is 1.93. The molecule has 0 radical (unpaired) electrons. The van der Waals surface area contributed by atoms with E-state index in [4.69, 9.17) is 10.00 Å². The van der Waals surface area contributed by atoms with E-state index in [2.05, 4.69) is 9.72 Å². The van der Waals surface area contributed by atoms with Crippen molar-refractivity contribution in [3.8, 4) is 6.07 Å². The number of imide groups is 1. The Labute approximate surface area is 143 Å². The summed E-state index contributed by atoms with van der Waals surface area (Å²) in [4.78, 5) is 29.2. The highest BCUT2D eigenvalue weighted by Gasteiger charge is 2.28. The standard InChI is InChI=1S/C16H17N3O4S/c1-16(2,3)23-15(21)19(14(20)22-4)9-10-5-6-11-12(7-10)24-13(8-17)18-11/h5-7H,9H2,1-4H3. The zero-order chi connectivity index (χ0) is 17.9. The smallest absolute Gasteiger partial charge is 0.420 e. The van der Waals surface area contributed by atoms with Crippen molar-refractivity contribution in [3.05, 3.63) is 28.8 Å². The molecule has 8 heteroatoms. The second kappa shape index (κ2) is 6.84. The largest absolute Gasteiger partial charge is 0.452 e. The SMILES string of the molecule is COC(=O)N(Cc1ccc2nc(C#N)sc2c1)C(=O)OC(C)(C)C. The van der Waals surface area contributed by atoms with Gasteiger partial charge in [0.05, 0.1) is 23.9 Å². The van der Waals surface area contributed by atoms with Crippen LogP contribution in [-0.4, -0.2) is 34.8 Å². The molecule has 1 aromatic carbocycles. The number of amides is 2. The Hall–Kier alpha value is -2.66. The number of nitrogens with zero attached hydrogens (tertiary/aromatic N) is 3. The lowest BCUT2D eigenvalue weighted by Gasteiger charge is -2.25. The van der Waals surface area contributed by atoms with Gasteiger partial charge in [-0.15, -0.1) is 11.3 Å². The highest BCUT2D eigenvalue weighted by Crippen LogP contribution is 2.24. The summed E-state index contributed by atoms with van der Waals surface area (Å²) in [6.45, 7) is 5.14. The summed E-state index contributed by atoms with van der Waals surface area (Å²) < 4.78 is 10.7. The fraction of sp³-hybridized carbons (Fsp3) is 0.375. The minimum absolute atomic E-state index is 0.00267. The normalized spacial score (nSPS) is 11.0. The van der Waals surface area contributed by atoms with Crippen molar-refractivity contribution in [3.63, 3.8) is 0 Å².